The van der Waals surface area contributed by atoms with Gasteiger partial charge in [-0.3, -0.25) is 14.8 Å². The van der Waals surface area contributed by atoms with E-state index in [2.05, 4.69) is 70.9 Å². The Balaban J connectivity index is 1.74. The number of aromatic nitrogens is 1. The van der Waals surface area contributed by atoms with Gasteiger partial charge in [0.25, 0.3) is 0 Å². The summed E-state index contributed by atoms with van der Waals surface area (Å²) in [6.07, 6.45) is 4.23. The lowest BCUT2D eigenvalue weighted by Gasteiger charge is -2.14. The van der Waals surface area contributed by atoms with Gasteiger partial charge in [-0.15, -0.1) is 0 Å². The number of rotatable bonds is 5. The first-order valence-electron chi connectivity index (χ1n) is 11.3. The Morgan fingerprint density at radius 3 is 2.61 bits per heavy atom. The number of nitrogens with zero attached hydrogens (tertiary/aromatic N) is 3. The normalized spacial score (nSPS) is 16.5. The minimum absolute atomic E-state index is 0.0616. The second-order valence-electron chi connectivity index (χ2n) is 8.44. The average Bonchev–Trinajstić information content (AvgIpc) is 3.45. The highest BCUT2D eigenvalue weighted by Crippen LogP contribution is 2.41. The molecule has 6 nitrogen and oxygen atoms in total. The van der Waals surface area contributed by atoms with Crippen LogP contribution in [0.25, 0.3) is 16.7 Å². The Hall–Kier alpha value is -3.80. The molecule has 6 heteroatoms. The summed E-state index contributed by atoms with van der Waals surface area (Å²) in [5, 5.41) is 7.13. The van der Waals surface area contributed by atoms with Crippen LogP contribution < -0.4 is 5.32 Å². The standard InChI is InChI=1S/C27H26N4O2/c1-4-29-24(32)14-23-27-25(17(3)31-33-27)21-10-9-19(20-11-12-28-15-20)13-22(21)26(30-23)18-7-5-16(2)6-8-18/h5-11,13,15,23H,4,12,14H2,1-3H3,(H,29,32)/t23-/m0/s1. The first kappa shape index (κ1) is 21.1. The number of aliphatic imine (C=N–C) groups is 2. The largest absolute Gasteiger partial charge is 0.358 e. The van der Waals surface area contributed by atoms with Crippen molar-refractivity contribution in [1.82, 2.24) is 10.5 Å². The summed E-state index contributed by atoms with van der Waals surface area (Å²) < 4.78 is 5.78. The van der Waals surface area contributed by atoms with Gasteiger partial charge in [-0.25, -0.2) is 0 Å². The molecule has 166 valence electrons. The molecule has 2 aromatic carbocycles. The van der Waals surface area contributed by atoms with Crippen molar-refractivity contribution in [3.63, 3.8) is 0 Å². The van der Waals surface area contributed by atoms with Gasteiger partial charge in [-0.1, -0.05) is 53.2 Å². The summed E-state index contributed by atoms with van der Waals surface area (Å²) in [7, 11) is 0. The molecule has 1 amide bonds. The average molecular weight is 439 g/mol. The summed E-state index contributed by atoms with van der Waals surface area (Å²) in [6, 6.07) is 14.3. The first-order chi connectivity index (χ1) is 16.0. The van der Waals surface area contributed by atoms with Gasteiger partial charge in [-0.2, -0.15) is 0 Å². The van der Waals surface area contributed by atoms with Crippen molar-refractivity contribution in [1.29, 1.82) is 0 Å². The predicted molar refractivity (Wildman–Crippen MR) is 131 cm³/mol. The number of benzene rings is 2. The van der Waals surface area contributed by atoms with Crippen LogP contribution in [0.4, 0.5) is 0 Å². The van der Waals surface area contributed by atoms with E-state index in [-0.39, 0.29) is 12.3 Å². The predicted octanol–water partition coefficient (Wildman–Crippen LogP) is 4.84. The maximum atomic E-state index is 12.6. The number of allylic oxidation sites excluding steroid dienone is 1. The Morgan fingerprint density at radius 1 is 1.09 bits per heavy atom. The maximum Gasteiger partial charge on any atom is 0.222 e. The zero-order valence-corrected chi connectivity index (χ0v) is 19.1. The van der Waals surface area contributed by atoms with Gasteiger partial charge in [0, 0.05) is 23.9 Å². The van der Waals surface area contributed by atoms with Crippen molar-refractivity contribution in [2.24, 2.45) is 9.98 Å². The van der Waals surface area contributed by atoms with E-state index in [1.165, 1.54) is 5.56 Å². The van der Waals surface area contributed by atoms with Crippen LogP contribution in [0.5, 0.6) is 0 Å². The van der Waals surface area contributed by atoms with E-state index in [4.69, 9.17) is 9.52 Å². The number of nitrogens with one attached hydrogen (secondary N) is 1. The van der Waals surface area contributed by atoms with Crippen LogP contribution in [0.3, 0.4) is 0 Å². The summed E-state index contributed by atoms with van der Waals surface area (Å²) >= 11 is 0. The van der Waals surface area contributed by atoms with Crippen LogP contribution in [-0.2, 0) is 4.79 Å². The van der Waals surface area contributed by atoms with Gasteiger partial charge in [0.2, 0.25) is 5.91 Å². The zero-order chi connectivity index (χ0) is 22.9. The van der Waals surface area contributed by atoms with E-state index in [0.29, 0.717) is 18.8 Å². The second-order valence-corrected chi connectivity index (χ2v) is 8.44. The molecule has 2 aliphatic rings. The number of hydrogen-bond donors (Lipinski definition) is 1. The van der Waals surface area contributed by atoms with E-state index in [0.717, 1.165) is 44.8 Å². The van der Waals surface area contributed by atoms with E-state index in [1.807, 2.05) is 20.1 Å². The van der Waals surface area contributed by atoms with Crippen molar-refractivity contribution in [2.75, 3.05) is 13.1 Å². The number of aryl methyl sites for hydroxylation is 2. The molecule has 1 atom stereocenters. The van der Waals surface area contributed by atoms with Crippen LogP contribution in [0.1, 0.15) is 53.1 Å². The zero-order valence-electron chi connectivity index (χ0n) is 19.1. The molecule has 0 unspecified atom stereocenters. The third kappa shape index (κ3) is 3.93. The van der Waals surface area contributed by atoms with Crippen molar-refractivity contribution in [3.8, 4) is 11.1 Å². The monoisotopic (exact) mass is 438 g/mol. The number of fused-ring (bicyclic) bond motifs is 3. The van der Waals surface area contributed by atoms with E-state index < -0.39 is 6.04 Å². The third-order valence-corrected chi connectivity index (χ3v) is 6.08. The highest BCUT2D eigenvalue weighted by atomic mass is 16.5. The Morgan fingerprint density at radius 2 is 1.88 bits per heavy atom. The number of hydrogen-bond acceptors (Lipinski definition) is 5. The molecular weight excluding hydrogens is 412 g/mol. The lowest BCUT2D eigenvalue weighted by Crippen LogP contribution is -2.24. The molecule has 2 aliphatic heterocycles. The van der Waals surface area contributed by atoms with Gasteiger partial charge in [0.05, 0.1) is 29.9 Å². The highest BCUT2D eigenvalue weighted by molar-refractivity contribution is 6.19. The van der Waals surface area contributed by atoms with Crippen molar-refractivity contribution < 1.29 is 9.32 Å². The van der Waals surface area contributed by atoms with Crippen LogP contribution in [0.15, 0.2) is 63.0 Å². The van der Waals surface area contributed by atoms with Crippen molar-refractivity contribution in [2.45, 2.75) is 33.2 Å². The van der Waals surface area contributed by atoms with Crippen molar-refractivity contribution in [3.05, 3.63) is 82.2 Å². The Labute approximate surface area is 193 Å². The third-order valence-electron chi connectivity index (χ3n) is 6.08. The minimum Gasteiger partial charge on any atom is -0.358 e. The lowest BCUT2D eigenvalue weighted by molar-refractivity contribution is -0.121. The molecular formula is C27H26N4O2. The lowest BCUT2D eigenvalue weighted by atomic mass is 9.90. The summed E-state index contributed by atoms with van der Waals surface area (Å²) in [6.45, 7) is 7.19. The number of carbonyl (C=O) groups excluding carboxylic acids is 1. The molecule has 0 spiro atoms. The van der Waals surface area contributed by atoms with Gasteiger partial charge in [-0.05, 0) is 43.5 Å². The molecule has 0 aliphatic carbocycles. The molecule has 0 radical (unpaired) electrons. The Kier molecular flexibility index (Phi) is 5.50. The van der Waals surface area contributed by atoms with Gasteiger partial charge in [0.1, 0.15) is 6.04 Å². The Bertz CT molecular complexity index is 1310. The fourth-order valence-corrected chi connectivity index (χ4v) is 4.44. The molecule has 0 bridgehead atoms. The van der Waals surface area contributed by atoms with E-state index >= 15 is 0 Å². The van der Waals surface area contributed by atoms with Crippen LogP contribution in [0.2, 0.25) is 0 Å². The molecule has 0 fully saturated rings. The molecule has 1 N–H and O–H groups in total. The van der Waals surface area contributed by atoms with E-state index in [9.17, 15) is 4.79 Å². The van der Waals surface area contributed by atoms with Crippen molar-refractivity contribution >= 4 is 23.4 Å². The second kappa shape index (κ2) is 8.62. The van der Waals surface area contributed by atoms with Gasteiger partial charge in [0.15, 0.2) is 5.76 Å². The van der Waals surface area contributed by atoms with Crippen LogP contribution in [0, 0.1) is 13.8 Å². The van der Waals surface area contributed by atoms with Gasteiger partial charge < -0.3 is 9.84 Å². The number of amides is 1. The fraction of sp³-hybridized carbons (Fsp3) is 0.259. The maximum absolute atomic E-state index is 12.6. The topological polar surface area (TPSA) is 79.9 Å². The van der Waals surface area contributed by atoms with Crippen LogP contribution >= 0.6 is 0 Å². The SMILES string of the molecule is CCNC(=O)C[C@@H]1N=C(c2ccc(C)cc2)c2cc(C3=CCN=C3)ccc2-c2c(C)noc21. The molecule has 1 aromatic heterocycles. The smallest absolute Gasteiger partial charge is 0.222 e. The fourth-order valence-electron chi connectivity index (χ4n) is 4.44. The molecule has 0 saturated carbocycles. The summed E-state index contributed by atoms with van der Waals surface area (Å²) in [4.78, 5) is 22.0. The quantitative estimate of drug-likeness (QED) is 0.619. The minimum atomic E-state index is -0.466. The highest BCUT2D eigenvalue weighted by Gasteiger charge is 2.32. The summed E-state index contributed by atoms with van der Waals surface area (Å²) in [5.41, 5.74) is 8.96. The molecule has 3 aromatic rings. The first-order valence-corrected chi connectivity index (χ1v) is 11.3. The summed E-state index contributed by atoms with van der Waals surface area (Å²) in [5.74, 6) is 0.574. The molecule has 33 heavy (non-hydrogen) atoms. The van der Waals surface area contributed by atoms with E-state index in [1.54, 1.807) is 0 Å². The van der Waals surface area contributed by atoms with Gasteiger partial charge >= 0.3 is 0 Å². The van der Waals surface area contributed by atoms with Crippen LogP contribution in [-0.4, -0.2) is 36.1 Å². The molecule has 0 saturated heterocycles. The molecule has 5 rings (SSSR count). The molecule has 3 heterocycles. The number of carbonyl (C=O) groups is 1.